The fourth-order valence-electron chi connectivity index (χ4n) is 5.04. The Morgan fingerprint density at radius 3 is 2.62 bits per heavy atom. The van der Waals surface area contributed by atoms with E-state index in [2.05, 4.69) is 15.7 Å². The largest absolute Gasteiger partial charge is 0.497 e. The van der Waals surface area contributed by atoms with Crippen LogP contribution in [0.2, 0.25) is 0 Å². The minimum absolute atomic E-state index is 0.0984. The highest BCUT2D eigenvalue weighted by atomic mass is 32.2. The van der Waals surface area contributed by atoms with Crippen LogP contribution in [0.4, 0.5) is 0 Å². The lowest BCUT2D eigenvalue weighted by Gasteiger charge is -2.43. The average Bonchev–Trinajstić information content (AvgIpc) is 3.09. The standard InChI is InChI=1S/C21H30N2O4S.C2H4O2/c1-26-18-5-6-19-17(13-18)12-16(15-27-19)14-23-10-8-21(9-11-23)7-3-4-20(21)22-28(2,24)25;1-2(3)4/h5-6,12-13,20,22H,3-4,7-11,14-15H2,1-2H3;1H3,(H,3,4). The molecule has 8 nitrogen and oxygen atoms in total. The van der Waals surface area contributed by atoms with Gasteiger partial charge in [-0.25, -0.2) is 13.1 Å². The quantitative estimate of drug-likeness (QED) is 0.687. The summed E-state index contributed by atoms with van der Waals surface area (Å²) in [5.41, 5.74) is 2.48. The van der Waals surface area contributed by atoms with Crippen LogP contribution in [0.1, 0.15) is 44.6 Å². The highest BCUT2D eigenvalue weighted by Gasteiger charge is 2.45. The maximum absolute atomic E-state index is 11.7. The summed E-state index contributed by atoms with van der Waals surface area (Å²) in [4.78, 5) is 11.5. The first-order valence-corrected chi connectivity index (χ1v) is 12.9. The molecule has 178 valence electrons. The monoisotopic (exact) mass is 466 g/mol. The van der Waals surface area contributed by atoms with E-state index in [1.165, 1.54) is 11.8 Å². The lowest BCUT2D eigenvalue weighted by molar-refractivity contribution is -0.134. The number of likely N-dealkylation sites (tertiary alicyclic amines) is 1. The summed E-state index contributed by atoms with van der Waals surface area (Å²) < 4.78 is 37.6. The van der Waals surface area contributed by atoms with Crippen molar-refractivity contribution < 1.29 is 27.8 Å². The first kappa shape index (κ1) is 24.5. The van der Waals surface area contributed by atoms with E-state index in [9.17, 15) is 8.42 Å². The van der Waals surface area contributed by atoms with E-state index in [0.29, 0.717) is 6.61 Å². The lowest BCUT2D eigenvalue weighted by Crippen LogP contribution is -2.50. The molecule has 1 saturated carbocycles. The Hall–Kier alpha value is -2.10. The predicted octanol–water partition coefficient (Wildman–Crippen LogP) is 2.75. The molecule has 1 unspecified atom stereocenters. The Morgan fingerprint density at radius 2 is 2.00 bits per heavy atom. The first-order chi connectivity index (χ1) is 15.1. The zero-order chi connectivity index (χ0) is 23.4. The van der Waals surface area contributed by atoms with Gasteiger partial charge in [-0.05, 0) is 74.0 Å². The van der Waals surface area contributed by atoms with Crippen molar-refractivity contribution in [3.63, 3.8) is 0 Å². The molecule has 0 radical (unpaired) electrons. The van der Waals surface area contributed by atoms with Gasteiger partial charge >= 0.3 is 0 Å². The SMILES string of the molecule is CC(=O)O.COc1ccc2c(c1)C=C(CN1CCC3(CCCC3NS(C)(=O)=O)CC1)CO2. The topological polar surface area (TPSA) is 105 Å². The summed E-state index contributed by atoms with van der Waals surface area (Å²) in [6.07, 6.45) is 8.81. The van der Waals surface area contributed by atoms with Crippen LogP contribution >= 0.6 is 0 Å². The van der Waals surface area contributed by atoms with Gasteiger partial charge in [-0.3, -0.25) is 9.69 Å². The van der Waals surface area contributed by atoms with Gasteiger partial charge in [0.05, 0.1) is 13.4 Å². The van der Waals surface area contributed by atoms with Gasteiger partial charge in [-0.15, -0.1) is 0 Å². The van der Waals surface area contributed by atoms with Crippen LogP contribution in [0.25, 0.3) is 6.08 Å². The molecule has 1 atom stereocenters. The second-order valence-corrected chi connectivity index (χ2v) is 10.8. The minimum atomic E-state index is -3.15. The van der Waals surface area contributed by atoms with Crippen LogP contribution in [0, 0.1) is 5.41 Å². The molecule has 2 heterocycles. The number of hydrogen-bond acceptors (Lipinski definition) is 6. The van der Waals surface area contributed by atoms with Crippen LogP contribution < -0.4 is 14.2 Å². The molecule has 0 bridgehead atoms. The van der Waals surface area contributed by atoms with Gasteiger partial charge in [0, 0.05) is 25.1 Å². The number of carboxylic acid groups (broad SMARTS) is 1. The van der Waals surface area contributed by atoms with Crippen LogP contribution in [-0.4, -0.2) is 70.0 Å². The molecule has 2 aliphatic heterocycles. The van der Waals surface area contributed by atoms with E-state index in [4.69, 9.17) is 19.4 Å². The number of carbonyl (C=O) groups is 1. The Morgan fingerprint density at radius 1 is 1.31 bits per heavy atom. The van der Waals surface area contributed by atoms with E-state index in [1.807, 2.05) is 18.2 Å². The molecule has 9 heteroatoms. The van der Waals surface area contributed by atoms with E-state index < -0.39 is 16.0 Å². The van der Waals surface area contributed by atoms with Crippen molar-refractivity contribution in [2.75, 3.05) is 39.6 Å². The second kappa shape index (κ2) is 10.2. The van der Waals surface area contributed by atoms with Crippen molar-refractivity contribution >= 4 is 22.1 Å². The highest BCUT2D eigenvalue weighted by Crippen LogP contribution is 2.46. The summed E-state index contributed by atoms with van der Waals surface area (Å²) in [6, 6.07) is 5.99. The third-order valence-corrected chi connectivity index (χ3v) is 7.24. The molecule has 1 spiro atoms. The number of piperidine rings is 1. The number of ether oxygens (including phenoxy) is 2. The average molecular weight is 467 g/mol. The van der Waals surface area contributed by atoms with E-state index in [0.717, 1.165) is 75.7 Å². The number of hydrogen-bond donors (Lipinski definition) is 2. The number of nitrogens with zero attached hydrogens (tertiary/aromatic N) is 1. The van der Waals surface area contributed by atoms with E-state index in [1.54, 1.807) is 7.11 Å². The van der Waals surface area contributed by atoms with Crippen LogP contribution in [0.3, 0.4) is 0 Å². The molecule has 1 aromatic rings. The summed E-state index contributed by atoms with van der Waals surface area (Å²) in [5.74, 6) is 0.910. The molecule has 4 rings (SSSR count). The van der Waals surface area contributed by atoms with Gasteiger partial charge < -0.3 is 14.6 Å². The molecule has 1 aromatic carbocycles. The fourth-order valence-corrected chi connectivity index (χ4v) is 5.93. The van der Waals surface area contributed by atoms with Gasteiger partial charge in [0.2, 0.25) is 10.0 Å². The number of methoxy groups -OCH3 is 1. The number of nitrogens with one attached hydrogen (secondary N) is 1. The fraction of sp³-hybridized carbons (Fsp3) is 0.609. The van der Waals surface area contributed by atoms with Crippen LogP contribution in [0.5, 0.6) is 11.5 Å². The van der Waals surface area contributed by atoms with Gasteiger partial charge in [0.15, 0.2) is 0 Å². The highest BCUT2D eigenvalue weighted by molar-refractivity contribution is 7.88. The maximum Gasteiger partial charge on any atom is 0.300 e. The summed E-state index contributed by atoms with van der Waals surface area (Å²) >= 11 is 0. The maximum atomic E-state index is 11.7. The Kier molecular flexibility index (Phi) is 7.84. The van der Waals surface area contributed by atoms with Crippen molar-refractivity contribution in [2.24, 2.45) is 5.41 Å². The molecule has 2 N–H and O–H groups in total. The molecule has 32 heavy (non-hydrogen) atoms. The van der Waals surface area contributed by atoms with Gasteiger partial charge in [0.25, 0.3) is 5.97 Å². The molecule has 1 aliphatic carbocycles. The smallest absolute Gasteiger partial charge is 0.300 e. The molecule has 2 fully saturated rings. The third-order valence-electron chi connectivity index (χ3n) is 6.53. The predicted molar refractivity (Wildman–Crippen MR) is 124 cm³/mol. The normalized spacial score (nSPS) is 22.2. The van der Waals surface area contributed by atoms with Gasteiger partial charge in [-0.2, -0.15) is 0 Å². The summed E-state index contributed by atoms with van der Waals surface area (Å²) in [6.45, 7) is 4.62. The molecule has 0 amide bonds. The number of benzene rings is 1. The van der Waals surface area contributed by atoms with Crippen molar-refractivity contribution in [3.05, 3.63) is 29.3 Å². The van der Waals surface area contributed by atoms with Crippen molar-refractivity contribution in [3.8, 4) is 11.5 Å². The van der Waals surface area contributed by atoms with Crippen molar-refractivity contribution in [1.29, 1.82) is 0 Å². The lowest BCUT2D eigenvalue weighted by atomic mass is 9.74. The third kappa shape index (κ3) is 6.46. The van der Waals surface area contributed by atoms with Gasteiger partial charge in [-0.1, -0.05) is 6.42 Å². The molecule has 1 saturated heterocycles. The van der Waals surface area contributed by atoms with Crippen LogP contribution in [0.15, 0.2) is 23.8 Å². The second-order valence-electron chi connectivity index (χ2n) is 8.99. The number of rotatable bonds is 5. The van der Waals surface area contributed by atoms with Crippen molar-refractivity contribution in [2.45, 2.75) is 45.1 Å². The molecule has 3 aliphatic rings. The Bertz CT molecular complexity index is 947. The first-order valence-electron chi connectivity index (χ1n) is 11.0. The van der Waals surface area contributed by atoms with Gasteiger partial charge in [0.1, 0.15) is 18.1 Å². The molecular formula is C23H34N2O6S. The van der Waals surface area contributed by atoms with E-state index >= 15 is 0 Å². The number of carboxylic acids is 1. The number of aliphatic carboxylic acids is 1. The Balaban J connectivity index is 0.000000668. The van der Waals surface area contributed by atoms with Crippen molar-refractivity contribution in [1.82, 2.24) is 9.62 Å². The zero-order valence-corrected chi connectivity index (χ0v) is 19.9. The minimum Gasteiger partial charge on any atom is -0.497 e. The van der Waals surface area contributed by atoms with Crippen LogP contribution in [-0.2, 0) is 14.8 Å². The van der Waals surface area contributed by atoms with E-state index in [-0.39, 0.29) is 11.5 Å². The number of sulfonamides is 1. The molecule has 0 aromatic heterocycles. The number of fused-ring (bicyclic) bond motifs is 1. The molecular weight excluding hydrogens is 432 g/mol. The zero-order valence-electron chi connectivity index (χ0n) is 19.1. The summed E-state index contributed by atoms with van der Waals surface area (Å²) in [5, 5.41) is 7.42. The Labute approximate surface area is 190 Å². The summed E-state index contributed by atoms with van der Waals surface area (Å²) in [7, 11) is -1.48.